The third kappa shape index (κ3) is 1.60. The summed E-state index contributed by atoms with van der Waals surface area (Å²) >= 11 is 0. The third-order valence-electron chi connectivity index (χ3n) is 0.945. The molecule has 1 aliphatic rings. The molecule has 10 heavy (non-hydrogen) atoms. The summed E-state index contributed by atoms with van der Waals surface area (Å²) in [6, 6.07) is 0. The van der Waals surface area contributed by atoms with Crippen molar-refractivity contribution < 1.29 is 9.30 Å². The first-order valence-corrected chi connectivity index (χ1v) is 4.35. The van der Waals surface area contributed by atoms with Crippen LogP contribution in [0.3, 0.4) is 0 Å². The highest BCUT2D eigenvalue weighted by Crippen LogP contribution is 2.33. The highest BCUT2D eigenvalue weighted by atomic mass is 31.2. The van der Waals surface area contributed by atoms with E-state index in [1.165, 1.54) is 29.6 Å². The van der Waals surface area contributed by atoms with Crippen molar-refractivity contribution in [3.63, 3.8) is 0 Å². The smallest absolute Gasteiger partial charge is 0.304 e. The minimum absolute atomic E-state index is 1.20. The lowest BCUT2D eigenvalue weighted by Gasteiger charge is -2.20. The molecule has 0 atom stereocenters. The molecule has 0 spiro atoms. The van der Waals surface area contributed by atoms with Crippen LogP contribution in [0.25, 0.3) is 0 Å². The molecule has 1 rings (SSSR count). The van der Waals surface area contributed by atoms with E-state index in [1.807, 2.05) is 0 Å². The maximum Gasteiger partial charge on any atom is 0.304 e. The Kier molecular flexibility index (Phi) is 1.80. The van der Waals surface area contributed by atoms with Gasteiger partial charge in [0.2, 0.25) is 0 Å². The molecule has 0 radical (unpaired) electrons. The number of ether oxygens (including phenoxy) is 1. The van der Waals surface area contributed by atoms with Crippen molar-refractivity contribution in [3.05, 3.63) is 24.9 Å². The first kappa shape index (κ1) is 7.34. The fraction of sp³-hybridized carbons (Fsp3) is 0. The molecule has 0 aromatic heterocycles. The molecule has 0 amide bonds. The van der Waals surface area contributed by atoms with Crippen molar-refractivity contribution in [2.24, 2.45) is 11.0 Å². The van der Waals surface area contributed by atoms with E-state index in [1.54, 1.807) is 0 Å². The van der Waals surface area contributed by atoms with E-state index >= 15 is 0 Å². The largest absolute Gasteiger partial charge is 0.470 e. The van der Waals surface area contributed by atoms with Gasteiger partial charge in [0.25, 0.3) is 0 Å². The van der Waals surface area contributed by atoms with Gasteiger partial charge in [0.1, 0.15) is 12.5 Å². The maximum absolute atomic E-state index is 10.9. The van der Waals surface area contributed by atoms with Gasteiger partial charge in [-0.05, 0) is 0 Å². The van der Waals surface area contributed by atoms with Crippen LogP contribution in [0.5, 0.6) is 0 Å². The molecule has 1 heterocycles. The van der Waals surface area contributed by atoms with Gasteiger partial charge in [-0.1, -0.05) is 0 Å². The molecule has 0 unspecified atom stereocenters. The van der Waals surface area contributed by atoms with Gasteiger partial charge in [0, 0.05) is 12.4 Å². The van der Waals surface area contributed by atoms with E-state index in [0.717, 1.165) is 0 Å². The minimum atomic E-state index is -3.16. The normalized spacial score (nSPS) is 17.2. The Morgan fingerprint density at radius 1 is 1.30 bits per heavy atom. The SMILES string of the molecule is NP(N)(=O)N1C=COC=C1. The summed E-state index contributed by atoms with van der Waals surface area (Å²) in [5, 5.41) is 0. The molecule has 0 bridgehead atoms. The molecule has 56 valence electrons. The van der Waals surface area contributed by atoms with Crippen molar-refractivity contribution in [1.82, 2.24) is 4.67 Å². The molecule has 0 aromatic carbocycles. The van der Waals surface area contributed by atoms with E-state index in [0.29, 0.717) is 0 Å². The van der Waals surface area contributed by atoms with Crippen LogP contribution in [-0.4, -0.2) is 4.67 Å². The topological polar surface area (TPSA) is 81.6 Å². The van der Waals surface area contributed by atoms with Crippen LogP contribution in [-0.2, 0) is 9.30 Å². The standard InChI is InChI=1S/C4H8N3O2P/c5-10(6,8)7-1-3-9-4-2-7/h1-4H,(H4,5,6,8). The van der Waals surface area contributed by atoms with E-state index in [4.69, 9.17) is 11.0 Å². The van der Waals surface area contributed by atoms with Crippen molar-refractivity contribution >= 4 is 7.59 Å². The molecule has 0 saturated heterocycles. The zero-order chi connectivity index (χ0) is 7.61. The number of rotatable bonds is 1. The van der Waals surface area contributed by atoms with Crippen LogP contribution in [0.1, 0.15) is 0 Å². The number of hydrogen-bond acceptors (Lipinski definition) is 2. The van der Waals surface area contributed by atoms with E-state index in [9.17, 15) is 4.57 Å². The minimum Gasteiger partial charge on any atom is -0.470 e. The van der Waals surface area contributed by atoms with Crippen molar-refractivity contribution in [2.45, 2.75) is 0 Å². The fourth-order valence-corrected chi connectivity index (χ4v) is 1.02. The molecule has 4 N–H and O–H groups in total. The van der Waals surface area contributed by atoms with Crippen LogP contribution < -0.4 is 11.0 Å². The summed E-state index contributed by atoms with van der Waals surface area (Å²) in [6.45, 7) is 0. The van der Waals surface area contributed by atoms with Gasteiger partial charge in [-0.25, -0.2) is 0 Å². The van der Waals surface area contributed by atoms with Crippen LogP contribution in [0, 0.1) is 0 Å². The average Bonchev–Trinajstić information content (AvgIpc) is 1.88. The molecule has 0 aliphatic carbocycles. The summed E-state index contributed by atoms with van der Waals surface area (Å²) in [5.41, 5.74) is 10.2. The Morgan fingerprint density at radius 2 is 1.80 bits per heavy atom. The number of nitrogens with zero attached hydrogens (tertiary/aromatic N) is 1. The average molecular weight is 161 g/mol. The van der Waals surface area contributed by atoms with Gasteiger partial charge in [0.05, 0.1) is 0 Å². The van der Waals surface area contributed by atoms with Crippen LogP contribution in [0.15, 0.2) is 24.9 Å². The summed E-state index contributed by atoms with van der Waals surface area (Å²) in [6.07, 6.45) is 5.49. The predicted octanol–water partition coefficient (Wildman–Crippen LogP) is 0.287. The first-order valence-electron chi connectivity index (χ1n) is 2.55. The summed E-state index contributed by atoms with van der Waals surface area (Å²) in [4.78, 5) is 0. The van der Waals surface area contributed by atoms with Crippen LogP contribution in [0.4, 0.5) is 0 Å². The fourth-order valence-electron chi connectivity index (χ4n) is 0.498. The van der Waals surface area contributed by atoms with Crippen molar-refractivity contribution in [2.75, 3.05) is 0 Å². The Hall–Kier alpha value is -0.770. The zero-order valence-electron chi connectivity index (χ0n) is 5.18. The molecule has 0 fully saturated rings. The molecular formula is C4H8N3O2P. The quantitative estimate of drug-likeness (QED) is 0.540. The van der Waals surface area contributed by atoms with Crippen LogP contribution >= 0.6 is 7.59 Å². The zero-order valence-corrected chi connectivity index (χ0v) is 6.07. The van der Waals surface area contributed by atoms with E-state index < -0.39 is 7.59 Å². The summed E-state index contributed by atoms with van der Waals surface area (Å²) < 4.78 is 16.8. The van der Waals surface area contributed by atoms with Crippen LogP contribution in [0.2, 0.25) is 0 Å². The van der Waals surface area contributed by atoms with Gasteiger partial charge in [-0.2, -0.15) is 0 Å². The molecule has 0 aromatic rings. The third-order valence-corrected chi connectivity index (χ3v) is 1.93. The molecular weight excluding hydrogens is 153 g/mol. The lowest BCUT2D eigenvalue weighted by molar-refractivity contribution is 0.372. The second-order valence-corrected chi connectivity index (χ2v) is 3.57. The summed E-state index contributed by atoms with van der Waals surface area (Å²) in [5.74, 6) is 0. The number of hydrogen-bond donors (Lipinski definition) is 2. The molecule has 5 nitrogen and oxygen atoms in total. The first-order chi connectivity index (χ1) is 4.61. The number of nitrogens with two attached hydrogens (primary N) is 2. The Morgan fingerprint density at radius 3 is 2.10 bits per heavy atom. The van der Waals surface area contributed by atoms with Gasteiger partial charge < -0.3 is 4.74 Å². The predicted molar refractivity (Wildman–Crippen MR) is 37.2 cm³/mol. The second kappa shape index (κ2) is 2.46. The lowest BCUT2D eigenvalue weighted by atomic mass is 10.8. The Balaban J connectivity index is 2.74. The van der Waals surface area contributed by atoms with Gasteiger partial charge >= 0.3 is 7.59 Å². The highest BCUT2D eigenvalue weighted by Gasteiger charge is 2.15. The lowest BCUT2D eigenvalue weighted by Crippen LogP contribution is -2.20. The molecule has 1 aliphatic heterocycles. The Bertz CT molecular complexity index is 207. The van der Waals surface area contributed by atoms with E-state index in [-0.39, 0.29) is 0 Å². The monoisotopic (exact) mass is 161 g/mol. The highest BCUT2D eigenvalue weighted by molar-refractivity contribution is 7.56. The Labute approximate surface area is 58.5 Å². The molecule has 6 heteroatoms. The van der Waals surface area contributed by atoms with Crippen molar-refractivity contribution in [3.8, 4) is 0 Å². The second-order valence-electron chi connectivity index (χ2n) is 1.76. The van der Waals surface area contributed by atoms with Gasteiger partial charge in [-0.15, -0.1) is 0 Å². The van der Waals surface area contributed by atoms with E-state index in [2.05, 4.69) is 4.74 Å². The molecule has 0 saturated carbocycles. The van der Waals surface area contributed by atoms with Crippen molar-refractivity contribution in [1.29, 1.82) is 0 Å². The van der Waals surface area contributed by atoms with Gasteiger partial charge in [-0.3, -0.25) is 20.2 Å². The maximum atomic E-state index is 10.9. The summed E-state index contributed by atoms with van der Waals surface area (Å²) in [7, 11) is -3.16. The van der Waals surface area contributed by atoms with Gasteiger partial charge in [0.15, 0.2) is 0 Å².